The molecule has 0 rings (SSSR count). The average molecular weight is 245 g/mol. The average Bonchev–Trinajstić information content (AvgIpc) is 1.72. The van der Waals surface area contributed by atoms with Gasteiger partial charge in [0.15, 0.2) is 0 Å². The van der Waals surface area contributed by atoms with Gasteiger partial charge in [-0.3, -0.25) is 0 Å². The van der Waals surface area contributed by atoms with Crippen molar-refractivity contribution in [3.05, 3.63) is 0 Å². The van der Waals surface area contributed by atoms with Crippen LogP contribution in [-0.4, -0.2) is 22.8 Å². The minimum absolute atomic E-state index is 0. The van der Waals surface area contributed by atoms with Crippen LogP contribution >= 0.6 is 15.9 Å². The van der Waals surface area contributed by atoms with E-state index in [4.69, 9.17) is 0 Å². The van der Waals surface area contributed by atoms with E-state index in [1.54, 1.807) is 0 Å². The van der Waals surface area contributed by atoms with Gasteiger partial charge in [-0.15, -0.1) is 0 Å². The molecule has 0 unspecified atom stereocenters. The van der Waals surface area contributed by atoms with Crippen LogP contribution in [0.1, 0.15) is 13.8 Å². The third kappa shape index (κ3) is 4.78. The number of halogens is 2. The van der Waals surface area contributed by atoms with Gasteiger partial charge in [-0.05, 0) is 13.8 Å². The van der Waals surface area contributed by atoms with Crippen LogP contribution in [0.3, 0.4) is 0 Å². The predicted molar refractivity (Wildman–Crippen MR) is 36.3 cm³/mol. The van der Waals surface area contributed by atoms with Crippen LogP contribution in [-0.2, 0) is 0 Å². The lowest BCUT2D eigenvalue weighted by molar-refractivity contribution is -0.513. The lowest BCUT2D eigenvalue weighted by Gasteiger charge is -1.89. The molecule has 0 atom stereocenters. The third-order valence-electron chi connectivity index (χ3n) is 0.950. The van der Waals surface area contributed by atoms with Crippen LogP contribution in [0.5, 0.6) is 0 Å². The second-order valence-corrected chi connectivity index (χ2v) is 1.73. The molecule has 0 aromatic carbocycles. The van der Waals surface area contributed by atoms with E-state index in [1.165, 1.54) is 0 Å². The molecule has 0 N–H and O–H groups in total. The SMILES string of the molecule is CC[N+](=CBr)CC.[Br-]. The lowest BCUT2D eigenvalue weighted by atomic mass is 10.6. The van der Waals surface area contributed by atoms with Crippen molar-refractivity contribution in [3.8, 4) is 0 Å². The van der Waals surface area contributed by atoms with Crippen molar-refractivity contribution < 1.29 is 21.6 Å². The van der Waals surface area contributed by atoms with Crippen molar-refractivity contribution in [1.82, 2.24) is 0 Å². The van der Waals surface area contributed by atoms with Crippen molar-refractivity contribution in [1.29, 1.82) is 0 Å². The molecule has 0 bridgehead atoms. The monoisotopic (exact) mass is 243 g/mol. The molecule has 0 saturated carbocycles. The molecule has 0 aliphatic heterocycles. The van der Waals surface area contributed by atoms with Gasteiger partial charge in [0.25, 0.3) is 0 Å². The number of rotatable bonds is 2. The summed E-state index contributed by atoms with van der Waals surface area (Å²) in [6, 6.07) is 0. The zero-order valence-corrected chi connectivity index (χ0v) is 8.37. The first-order valence-corrected chi connectivity index (χ1v) is 3.44. The fourth-order valence-electron chi connectivity index (χ4n) is 0.362. The highest BCUT2D eigenvalue weighted by atomic mass is 79.9. The van der Waals surface area contributed by atoms with E-state index in [1.807, 2.05) is 5.12 Å². The molecule has 0 aromatic rings. The summed E-state index contributed by atoms with van der Waals surface area (Å²) >= 11 is 3.24. The summed E-state index contributed by atoms with van der Waals surface area (Å²) < 4.78 is 2.17. The number of hydrogen-bond donors (Lipinski definition) is 0. The summed E-state index contributed by atoms with van der Waals surface area (Å²) in [4.78, 5) is 0. The second kappa shape index (κ2) is 7.63. The summed E-state index contributed by atoms with van der Waals surface area (Å²) in [5.74, 6) is 0. The van der Waals surface area contributed by atoms with Crippen molar-refractivity contribution in [2.45, 2.75) is 13.8 Å². The molecule has 0 aliphatic rings. The van der Waals surface area contributed by atoms with Gasteiger partial charge in [-0.1, -0.05) is 0 Å². The molecule has 0 aliphatic carbocycles. The van der Waals surface area contributed by atoms with Gasteiger partial charge in [-0.25, -0.2) is 4.58 Å². The molecule has 0 amide bonds. The van der Waals surface area contributed by atoms with Crippen LogP contribution in [0.2, 0.25) is 0 Å². The second-order valence-electron chi connectivity index (χ2n) is 1.32. The predicted octanol–water partition coefficient (Wildman–Crippen LogP) is -1.53. The molecule has 0 saturated heterocycles. The Kier molecular flexibility index (Phi) is 10.9. The van der Waals surface area contributed by atoms with Gasteiger partial charge >= 0.3 is 0 Å². The Balaban J connectivity index is 0. The van der Waals surface area contributed by atoms with E-state index >= 15 is 0 Å². The molecule has 1 nitrogen and oxygen atoms in total. The maximum Gasteiger partial charge on any atom is 0.206 e. The lowest BCUT2D eigenvalue weighted by Crippen LogP contribution is -3.00. The van der Waals surface area contributed by atoms with Crippen molar-refractivity contribution >= 4 is 21.1 Å². The normalized spacial score (nSPS) is 7.38. The smallest absolute Gasteiger partial charge is 0.206 e. The third-order valence-corrected chi connectivity index (χ3v) is 1.53. The van der Waals surface area contributed by atoms with Gasteiger partial charge < -0.3 is 17.0 Å². The Morgan fingerprint density at radius 1 is 1.38 bits per heavy atom. The highest BCUT2D eigenvalue weighted by Crippen LogP contribution is 1.74. The van der Waals surface area contributed by atoms with Crippen molar-refractivity contribution in [2.24, 2.45) is 0 Å². The quantitative estimate of drug-likeness (QED) is 0.410. The summed E-state index contributed by atoms with van der Waals surface area (Å²) in [7, 11) is 0. The molecule has 0 heterocycles. The molecule has 0 radical (unpaired) electrons. The van der Waals surface area contributed by atoms with E-state index in [9.17, 15) is 0 Å². The van der Waals surface area contributed by atoms with Gasteiger partial charge in [0.05, 0.1) is 0 Å². The zero-order valence-electron chi connectivity index (χ0n) is 5.19. The molecular weight excluding hydrogens is 234 g/mol. The highest BCUT2D eigenvalue weighted by molar-refractivity contribution is 9.17. The van der Waals surface area contributed by atoms with Crippen LogP contribution in [0.4, 0.5) is 0 Å². The molecule has 0 spiro atoms. The Morgan fingerprint density at radius 2 is 1.75 bits per heavy atom. The van der Waals surface area contributed by atoms with Crippen LogP contribution in [0, 0.1) is 0 Å². The molecule has 8 heavy (non-hydrogen) atoms. The molecule has 3 heteroatoms. The fourth-order valence-corrected chi connectivity index (χ4v) is 0.941. The molecular formula is C5H11Br2N. The molecule has 0 aromatic heterocycles. The Morgan fingerprint density at radius 3 is 1.75 bits per heavy atom. The van der Waals surface area contributed by atoms with Gasteiger partial charge in [-0.2, -0.15) is 0 Å². The zero-order chi connectivity index (χ0) is 5.70. The van der Waals surface area contributed by atoms with E-state index in [0.29, 0.717) is 0 Å². The first kappa shape index (κ1) is 11.4. The Labute approximate surface area is 69.7 Å². The summed E-state index contributed by atoms with van der Waals surface area (Å²) in [5, 5.41) is 1.92. The van der Waals surface area contributed by atoms with Gasteiger partial charge in [0, 0.05) is 15.9 Å². The van der Waals surface area contributed by atoms with E-state index < -0.39 is 0 Å². The molecule has 50 valence electrons. The minimum Gasteiger partial charge on any atom is -1.00 e. The summed E-state index contributed by atoms with van der Waals surface area (Å²) in [6.07, 6.45) is 0. The standard InChI is InChI=1S/C5H11BrN.BrH/c1-3-7(4-2)5-6;/h5H,3-4H2,1-2H3;1H/q+1;/p-1. The maximum absolute atomic E-state index is 3.24. The fraction of sp³-hybridized carbons (Fsp3) is 0.800. The summed E-state index contributed by atoms with van der Waals surface area (Å²) in [5.41, 5.74) is 0. The topological polar surface area (TPSA) is 3.01 Å². The van der Waals surface area contributed by atoms with Crippen LogP contribution < -0.4 is 17.0 Å². The Bertz CT molecular complexity index is 64.8. The van der Waals surface area contributed by atoms with E-state index in [2.05, 4.69) is 34.4 Å². The minimum atomic E-state index is 0. The van der Waals surface area contributed by atoms with Crippen molar-refractivity contribution in [3.63, 3.8) is 0 Å². The first-order chi connectivity index (χ1) is 3.35. The van der Waals surface area contributed by atoms with Crippen LogP contribution in [0.25, 0.3) is 0 Å². The maximum atomic E-state index is 3.24. The first-order valence-electron chi connectivity index (χ1n) is 2.52. The number of hydrogen-bond acceptors (Lipinski definition) is 0. The van der Waals surface area contributed by atoms with Gasteiger partial charge in [0.1, 0.15) is 13.1 Å². The van der Waals surface area contributed by atoms with Crippen LogP contribution in [0.15, 0.2) is 0 Å². The molecule has 0 fully saturated rings. The van der Waals surface area contributed by atoms with Gasteiger partial charge in [0.2, 0.25) is 5.12 Å². The largest absolute Gasteiger partial charge is 1.00 e. The number of nitrogens with zero attached hydrogens (tertiary/aromatic N) is 1. The van der Waals surface area contributed by atoms with Crippen molar-refractivity contribution in [2.75, 3.05) is 13.1 Å². The van der Waals surface area contributed by atoms with E-state index in [-0.39, 0.29) is 17.0 Å². The highest BCUT2D eigenvalue weighted by Gasteiger charge is 1.88. The van der Waals surface area contributed by atoms with E-state index in [0.717, 1.165) is 13.1 Å². The Hall–Kier alpha value is 0.630. The summed E-state index contributed by atoms with van der Waals surface area (Å²) in [6.45, 7) is 6.42.